The summed E-state index contributed by atoms with van der Waals surface area (Å²) in [4.78, 5) is 10.1. The highest BCUT2D eigenvalue weighted by Gasteiger charge is 2.25. The van der Waals surface area contributed by atoms with Crippen molar-refractivity contribution in [1.29, 1.82) is 0 Å². The molecule has 0 bridgehead atoms. The zero-order valence-corrected chi connectivity index (χ0v) is 26.9. The number of fused-ring (bicyclic) bond motifs is 9. The number of aromatic nitrogens is 1. The van der Waals surface area contributed by atoms with Gasteiger partial charge in [0.25, 0.3) is 0 Å². The lowest BCUT2D eigenvalue weighted by atomic mass is 9.95. The first-order valence-corrected chi connectivity index (χ1v) is 17.4. The van der Waals surface area contributed by atoms with Crippen molar-refractivity contribution < 1.29 is 0 Å². The minimum absolute atomic E-state index is 1.02. The SMILES string of the molecule is c1ccc(-c2nc3ccccc3c3c2ccc2sc4c(-c5cccc(N6c7ccccc7Sc7ccccc76)c5)cccc4c23)cc1. The third-order valence-corrected chi connectivity index (χ3v) is 11.6. The van der Waals surface area contributed by atoms with E-state index >= 15 is 0 Å². The summed E-state index contributed by atoms with van der Waals surface area (Å²) >= 11 is 3.73. The predicted molar refractivity (Wildman–Crippen MR) is 202 cm³/mol. The van der Waals surface area contributed by atoms with Crippen molar-refractivity contribution in [1.82, 2.24) is 4.98 Å². The summed E-state index contributed by atoms with van der Waals surface area (Å²) in [6, 6.07) is 57.0. The predicted octanol–water partition coefficient (Wildman–Crippen LogP) is 13.0. The van der Waals surface area contributed by atoms with E-state index in [1.165, 1.54) is 68.6 Å². The van der Waals surface area contributed by atoms with Crippen LogP contribution in [-0.2, 0) is 0 Å². The highest BCUT2D eigenvalue weighted by atomic mass is 32.2. The van der Waals surface area contributed by atoms with E-state index in [-0.39, 0.29) is 0 Å². The third kappa shape index (κ3) is 4.15. The van der Waals surface area contributed by atoms with Crippen molar-refractivity contribution in [3.63, 3.8) is 0 Å². The summed E-state index contributed by atoms with van der Waals surface area (Å²) in [5.74, 6) is 0. The molecular formula is C43H26N2S2. The quantitative estimate of drug-likeness (QED) is 0.180. The van der Waals surface area contributed by atoms with Gasteiger partial charge >= 0.3 is 0 Å². The summed E-state index contributed by atoms with van der Waals surface area (Å²) in [5, 5.41) is 6.27. The number of anilines is 3. The van der Waals surface area contributed by atoms with E-state index in [0.717, 1.165) is 22.5 Å². The van der Waals surface area contributed by atoms with Crippen molar-refractivity contribution in [2.75, 3.05) is 4.90 Å². The Bertz CT molecular complexity index is 2630. The number of pyridine rings is 1. The number of rotatable bonds is 3. The summed E-state index contributed by atoms with van der Waals surface area (Å²) in [6.07, 6.45) is 0. The van der Waals surface area contributed by atoms with Gasteiger partial charge in [-0.05, 0) is 59.7 Å². The van der Waals surface area contributed by atoms with Crippen LogP contribution in [0.3, 0.4) is 0 Å². The van der Waals surface area contributed by atoms with E-state index in [1.54, 1.807) is 0 Å². The first-order chi connectivity index (χ1) is 23.3. The van der Waals surface area contributed by atoms with E-state index in [0.29, 0.717) is 0 Å². The Hall–Kier alpha value is -5.42. The van der Waals surface area contributed by atoms with Crippen molar-refractivity contribution in [2.45, 2.75) is 9.79 Å². The lowest BCUT2D eigenvalue weighted by Gasteiger charge is -2.33. The summed E-state index contributed by atoms with van der Waals surface area (Å²) in [7, 11) is 0. The third-order valence-electron chi connectivity index (χ3n) is 9.22. The van der Waals surface area contributed by atoms with Crippen LogP contribution >= 0.6 is 23.1 Å². The second-order valence-electron chi connectivity index (χ2n) is 11.9. The lowest BCUT2D eigenvalue weighted by Crippen LogP contribution is -2.14. The average Bonchev–Trinajstić information content (AvgIpc) is 3.53. The fourth-order valence-corrected chi connectivity index (χ4v) is 9.47. The van der Waals surface area contributed by atoms with Crippen molar-refractivity contribution in [2.24, 2.45) is 0 Å². The molecular weight excluding hydrogens is 609 g/mol. The molecule has 0 radical (unpaired) electrons. The molecule has 47 heavy (non-hydrogen) atoms. The van der Waals surface area contributed by atoms with E-state index in [9.17, 15) is 0 Å². The van der Waals surface area contributed by atoms with Gasteiger partial charge in [-0.25, -0.2) is 4.98 Å². The van der Waals surface area contributed by atoms with Gasteiger partial charge in [-0.1, -0.05) is 121 Å². The van der Waals surface area contributed by atoms with Gasteiger partial charge in [0.15, 0.2) is 0 Å². The number of nitrogens with zero attached hydrogens (tertiary/aromatic N) is 2. The zero-order valence-electron chi connectivity index (χ0n) is 25.2. The maximum Gasteiger partial charge on any atom is 0.0788 e. The highest BCUT2D eigenvalue weighted by Crippen LogP contribution is 2.52. The zero-order chi connectivity index (χ0) is 30.9. The van der Waals surface area contributed by atoms with Crippen molar-refractivity contribution in [3.8, 4) is 22.4 Å². The van der Waals surface area contributed by atoms with E-state index < -0.39 is 0 Å². The molecule has 2 nitrogen and oxygen atoms in total. The second-order valence-corrected chi connectivity index (χ2v) is 14.0. The molecule has 3 heterocycles. The molecule has 1 aliphatic heterocycles. The number of hydrogen-bond acceptors (Lipinski definition) is 4. The minimum atomic E-state index is 1.02. The summed E-state index contributed by atoms with van der Waals surface area (Å²) in [6.45, 7) is 0. The van der Waals surface area contributed by atoms with Gasteiger partial charge < -0.3 is 4.90 Å². The molecule has 0 saturated heterocycles. The highest BCUT2D eigenvalue weighted by molar-refractivity contribution is 7.99. The Morgan fingerprint density at radius 1 is 0.489 bits per heavy atom. The summed E-state index contributed by atoms with van der Waals surface area (Å²) in [5.41, 5.74) is 9.26. The summed E-state index contributed by atoms with van der Waals surface area (Å²) < 4.78 is 2.60. The number of hydrogen-bond donors (Lipinski definition) is 0. The normalized spacial score (nSPS) is 12.6. The first kappa shape index (κ1) is 26.8. The van der Waals surface area contributed by atoms with Crippen LogP contribution in [0, 0.1) is 0 Å². The molecule has 0 aliphatic carbocycles. The van der Waals surface area contributed by atoms with Crippen LogP contribution in [0.25, 0.3) is 64.2 Å². The maximum atomic E-state index is 5.19. The maximum absolute atomic E-state index is 5.19. The Kier molecular flexibility index (Phi) is 6.01. The van der Waals surface area contributed by atoms with Crippen LogP contribution in [0.1, 0.15) is 0 Å². The monoisotopic (exact) mass is 634 g/mol. The van der Waals surface area contributed by atoms with Crippen LogP contribution in [0.15, 0.2) is 168 Å². The number of benzene rings is 7. The fraction of sp³-hybridized carbons (Fsp3) is 0. The van der Waals surface area contributed by atoms with Gasteiger partial charge in [-0.15, -0.1) is 11.3 Å². The molecule has 4 heteroatoms. The Labute approximate surface area is 280 Å². The number of thiophene rings is 1. The fourth-order valence-electron chi connectivity index (χ4n) is 7.17. The minimum Gasteiger partial charge on any atom is -0.308 e. The van der Waals surface area contributed by atoms with Gasteiger partial charge in [0.05, 0.1) is 22.6 Å². The number of para-hydroxylation sites is 3. The van der Waals surface area contributed by atoms with Crippen LogP contribution in [-0.4, -0.2) is 4.98 Å². The second kappa shape index (κ2) is 10.6. The molecule has 0 amide bonds. The van der Waals surface area contributed by atoms with Gasteiger partial charge in [-0.2, -0.15) is 0 Å². The van der Waals surface area contributed by atoms with Gasteiger partial charge in [0.1, 0.15) is 0 Å². The molecule has 7 aromatic carbocycles. The standard InChI is InChI=1S/C43H26N2S2/c1-2-12-27(13-3-1)42-32-24-25-39-41(40(32)31-16-4-5-19-34(31)44-42)33-18-11-17-30(43(33)47-39)28-14-10-15-29(26-28)45-35-20-6-8-22-37(35)46-38-23-9-7-21-36(38)45/h1-26H. The molecule has 0 unspecified atom stereocenters. The topological polar surface area (TPSA) is 16.1 Å². The lowest BCUT2D eigenvalue weighted by molar-refractivity contribution is 1.17. The van der Waals surface area contributed by atoms with E-state index in [2.05, 4.69) is 163 Å². The van der Waals surface area contributed by atoms with Gasteiger partial charge in [0, 0.05) is 57.4 Å². The van der Waals surface area contributed by atoms with Crippen molar-refractivity contribution >= 4 is 82.0 Å². The molecule has 1 aliphatic rings. The molecule has 10 rings (SSSR count). The molecule has 9 aromatic rings. The molecule has 2 aromatic heterocycles. The van der Waals surface area contributed by atoms with Crippen molar-refractivity contribution in [3.05, 3.63) is 158 Å². The largest absolute Gasteiger partial charge is 0.308 e. The van der Waals surface area contributed by atoms with Crippen LogP contribution in [0.2, 0.25) is 0 Å². The molecule has 0 spiro atoms. The average molecular weight is 635 g/mol. The molecule has 0 atom stereocenters. The van der Waals surface area contributed by atoms with Crippen LogP contribution in [0.5, 0.6) is 0 Å². The Morgan fingerprint density at radius 3 is 2.00 bits per heavy atom. The van der Waals surface area contributed by atoms with Gasteiger partial charge in [-0.3, -0.25) is 0 Å². The van der Waals surface area contributed by atoms with Crippen LogP contribution in [0.4, 0.5) is 17.1 Å². The first-order valence-electron chi connectivity index (χ1n) is 15.8. The molecule has 0 N–H and O–H groups in total. The van der Waals surface area contributed by atoms with E-state index in [4.69, 9.17) is 4.98 Å². The molecule has 0 saturated carbocycles. The smallest absolute Gasteiger partial charge is 0.0788 e. The molecule has 0 fully saturated rings. The Balaban J connectivity index is 1.21. The van der Waals surface area contributed by atoms with Gasteiger partial charge in [0.2, 0.25) is 0 Å². The molecule has 220 valence electrons. The Morgan fingerprint density at radius 2 is 1.17 bits per heavy atom. The van der Waals surface area contributed by atoms with Crippen LogP contribution < -0.4 is 4.90 Å². The van der Waals surface area contributed by atoms with E-state index in [1.807, 2.05) is 23.1 Å².